The van der Waals surface area contributed by atoms with Crippen LogP contribution in [0.3, 0.4) is 0 Å². The second-order valence-electron chi connectivity index (χ2n) is 5.52. The van der Waals surface area contributed by atoms with Crippen molar-refractivity contribution < 1.29 is 19.5 Å². The molecule has 22 heavy (non-hydrogen) atoms. The molecule has 6 nitrogen and oxygen atoms in total. The van der Waals surface area contributed by atoms with Crippen LogP contribution in [0.4, 0.5) is 4.79 Å². The van der Waals surface area contributed by atoms with Crippen LogP contribution in [0, 0.1) is 12.8 Å². The van der Waals surface area contributed by atoms with Crippen LogP contribution in [0.2, 0.25) is 0 Å². The Kier molecular flexibility index (Phi) is 4.80. The summed E-state index contributed by atoms with van der Waals surface area (Å²) in [7, 11) is 0. The van der Waals surface area contributed by atoms with E-state index in [2.05, 4.69) is 5.32 Å². The molecule has 0 aromatic heterocycles. The molecule has 1 atom stereocenters. The molecule has 4 amide bonds. The number of rotatable bonds is 5. The van der Waals surface area contributed by atoms with Gasteiger partial charge in [0, 0.05) is 6.54 Å². The lowest BCUT2D eigenvalue weighted by molar-refractivity contribution is -0.142. The number of hydrogen-bond acceptors (Lipinski definition) is 4. The number of amides is 4. The number of carbonyl (C=O) groups excluding carboxylic acids is 3. The lowest BCUT2D eigenvalue weighted by atomic mass is 9.94. The van der Waals surface area contributed by atoms with Gasteiger partial charge in [0.05, 0.1) is 0 Å². The summed E-state index contributed by atoms with van der Waals surface area (Å²) in [6.45, 7) is 4.03. The first-order valence-corrected chi connectivity index (χ1v) is 7.38. The molecule has 1 saturated heterocycles. The first-order valence-electron chi connectivity index (χ1n) is 7.38. The van der Waals surface area contributed by atoms with Gasteiger partial charge in [-0.2, -0.15) is 0 Å². The summed E-state index contributed by atoms with van der Waals surface area (Å²) in [5, 5.41) is 11.8. The summed E-state index contributed by atoms with van der Waals surface area (Å²) in [6, 6.07) is 4.32. The van der Waals surface area contributed by atoms with Crippen LogP contribution < -0.4 is 5.32 Å². The Morgan fingerprint density at radius 2 is 2.00 bits per heavy atom. The minimum Gasteiger partial charge on any atom is -0.508 e. The number of carbonyl (C=O) groups is 3. The molecule has 0 aliphatic carbocycles. The minimum absolute atomic E-state index is 0.169. The third kappa shape index (κ3) is 3.27. The number of hydrogen-bond donors (Lipinski definition) is 2. The molecule has 2 rings (SSSR count). The zero-order valence-electron chi connectivity index (χ0n) is 12.8. The quantitative estimate of drug-likeness (QED) is 0.811. The molecular weight excluding hydrogens is 284 g/mol. The van der Waals surface area contributed by atoms with Gasteiger partial charge in [0.15, 0.2) is 0 Å². The van der Waals surface area contributed by atoms with E-state index in [0.29, 0.717) is 18.5 Å². The number of aromatic hydroxyl groups is 1. The second-order valence-corrected chi connectivity index (χ2v) is 5.52. The lowest BCUT2D eigenvalue weighted by Crippen LogP contribution is -2.58. The summed E-state index contributed by atoms with van der Waals surface area (Å²) in [4.78, 5) is 37.2. The van der Waals surface area contributed by atoms with Crippen LogP contribution in [0.5, 0.6) is 5.75 Å². The van der Waals surface area contributed by atoms with Crippen molar-refractivity contribution in [2.45, 2.75) is 33.1 Å². The molecule has 1 aromatic carbocycles. The maximum absolute atomic E-state index is 12.4. The molecule has 1 aromatic rings. The molecule has 1 aliphatic rings. The Balaban J connectivity index is 2.17. The number of phenolic OH excluding ortho intramolecular Hbond substituents is 1. The van der Waals surface area contributed by atoms with Crippen LogP contribution in [-0.2, 0) is 16.0 Å². The third-order valence-electron chi connectivity index (χ3n) is 3.79. The molecule has 118 valence electrons. The monoisotopic (exact) mass is 304 g/mol. The average Bonchev–Trinajstić information content (AvgIpc) is 2.47. The fourth-order valence-electron chi connectivity index (χ4n) is 2.45. The minimum atomic E-state index is -0.904. The van der Waals surface area contributed by atoms with Gasteiger partial charge < -0.3 is 5.11 Å². The van der Waals surface area contributed by atoms with Crippen molar-refractivity contribution in [3.05, 3.63) is 29.3 Å². The Labute approximate surface area is 129 Å². The molecule has 0 saturated carbocycles. The van der Waals surface area contributed by atoms with Gasteiger partial charge in [-0.05, 0) is 37.0 Å². The molecule has 0 radical (unpaired) electrons. The van der Waals surface area contributed by atoms with Gasteiger partial charge >= 0.3 is 6.03 Å². The maximum Gasteiger partial charge on any atom is 0.330 e. The highest BCUT2D eigenvalue weighted by molar-refractivity contribution is 6.16. The van der Waals surface area contributed by atoms with E-state index in [9.17, 15) is 19.5 Å². The SMILES string of the molecule is CCCCN1C(=O)NC(=O)C(Cc2ccc(O)c(C)c2)C1=O. The normalized spacial score (nSPS) is 18.5. The van der Waals surface area contributed by atoms with E-state index in [4.69, 9.17) is 0 Å². The zero-order chi connectivity index (χ0) is 16.3. The van der Waals surface area contributed by atoms with E-state index in [-0.39, 0.29) is 12.2 Å². The highest BCUT2D eigenvalue weighted by Gasteiger charge is 2.39. The van der Waals surface area contributed by atoms with Crippen LogP contribution in [0.1, 0.15) is 30.9 Å². The van der Waals surface area contributed by atoms with E-state index in [1.165, 1.54) is 6.07 Å². The highest BCUT2D eigenvalue weighted by atomic mass is 16.3. The Bertz CT molecular complexity index is 612. The number of barbiturate groups is 1. The largest absolute Gasteiger partial charge is 0.508 e. The first kappa shape index (κ1) is 16.0. The number of aryl methyl sites for hydroxylation is 1. The summed E-state index contributed by atoms with van der Waals surface area (Å²) >= 11 is 0. The molecule has 1 heterocycles. The summed E-state index contributed by atoms with van der Waals surface area (Å²) in [6.07, 6.45) is 1.77. The Morgan fingerprint density at radius 1 is 1.27 bits per heavy atom. The first-order chi connectivity index (χ1) is 10.4. The van der Waals surface area contributed by atoms with Gasteiger partial charge in [-0.15, -0.1) is 0 Å². The van der Waals surface area contributed by atoms with Crippen LogP contribution in [-0.4, -0.2) is 34.4 Å². The summed E-state index contributed by atoms with van der Waals surface area (Å²) in [5.74, 6) is -1.75. The predicted octanol–water partition coefficient (Wildman–Crippen LogP) is 1.74. The highest BCUT2D eigenvalue weighted by Crippen LogP contribution is 2.21. The summed E-state index contributed by atoms with van der Waals surface area (Å²) < 4.78 is 0. The number of unbranched alkanes of at least 4 members (excludes halogenated alkanes) is 1. The van der Waals surface area contributed by atoms with Crippen molar-refractivity contribution in [3.63, 3.8) is 0 Å². The van der Waals surface area contributed by atoms with Crippen LogP contribution >= 0.6 is 0 Å². The molecule has 1 unspecified atom stereocenters. The van der Waals surface area contributed by atoms with Gasteiger partial charge in [-0.25, -0.2) is 4.79 Å². The van der Waals surface area contributed by atoms with Gasteiger partial charge in [0.2, 0.25) is 11.8 Å². The smallest absolute Gasteiger partial charge is 0.330 e. The molecule has 6 heteroatoms. The molecule has 1 aliphatic heterocycles. The number of urea groups is 1. The van der Waals surface area contributed by atoms with Crippen molar-refractivity contribution in [2.75, 3.05) is 6.54 Å². The van der Waals surface area contributed by atoms with Gasteiger partial charge in [0.1, 0.15) is 11.7 Å². The van der Waals surface area contributed by atoms with Gasteiger partial charge in [-0.1, -0.05) is 25.5 Å². The average molecular weight is 304 g/mol. The predicted molar refractivity (Wildman–Crippen MR) is 80.2 cm³/mol. The fourth-order valence-corrected chi connectivity index (χ4v) is 2.45. The molecule has 1 fully saturated rings. The molecule has 0 spiro atoms. The molecule has 0 bridgehead atoms. The fraction of sp³-hybridized carbons (Fsp3) is 0.438. The Morgan fingerprint density at radius 3 is 2.64 bits per heavy atom. The van der Waals surface area contributed by atoms with Crippen molar-refractivity contribution in [3.8, 4) is 5.75 Å². The van der Waals surface area contributed by atoms with Crippen LogP contribution in [0.15, 0.2) is 18.2 Å². The van der Waals surface area contributed by atoms with Crippen molar-refractivity contribution in [2.24, 2.45) is 5.92 Å². The third-order valence-corrected chi connectivity index (χ3v) is 3.79. The number of nitrogens with one attached hydrogen (secondary N) is 1. The standard InChI is InChI=1S/C16H20N2O4/c1-3-4-7-18-15(21)12(14(20)17-16(18)22)9-11-5-6-13(19)10(2)8-11/h5-6,8,12,19H,3-4,7,9H2,1-2H3,(H,17,20,22). The maximum atomic E-state index is 12.4. The van der Waals surface area contributed by atoms with E-state index in [0.717, 1.165) is 16.9 Å². The lowest BCUT2D eigenvalue weighted by Gasteiger charge is -2.30. The Hall–Kier alpha value is -2.37. The molecule has 2 N–H and O–H groups in total. The topological polar surface area (TPSA) is 86.7 Å². The van der Waals surface area contributed by atoms with Gasteiger partial charge in [0.25, 0.3) is 0 Å². The van der Waals surface area contributed by atoms with E-state index >= 15 is 0 Å². The van der Waals surface area contributed by atoms with Crippen molar-refractivity contribution >= 4 is 17.8 Å². The molecular formula is C16H20N2O4. The van der Waals surface area contributed by atoms with Crippen molar-refractivity contribution in [1.29, 1.82) is 0 Å². The van der Waals surface area contributed by atoms with Crippen molar-refractivity contribution in [1.82, 2.24) is 10.2 Å². The summed E-state index contributed by atoms with van der Waals surface area (Å²) in [5.41, 5.74) is 1.45. The van der Waals surface area contributed by atoms with E-state index in [1.807, 2.05) is 6.92 Å². The zero-order valence-corrected chi connectivity index (χ0v) is 12.8. The number of benzene rings is 1. The number of nitrogens with zero attached hydrogens (tertiary/aromatic N) is 1. The van der Waals surface area contributed by atoms with Gasteiger partial charge in [-0.3, -0.25) is 19.8 Å². The van der Waals surface area contributed by atoms with Crippen LogP contribution in [0.25, 0.3) is 0 Å². The van der Waals surface area contributed by atoms with E-state index < -0.39 is 23.8 Å². The number of phenols is 1. The second kappa shape index (κ2) is 6.60. The van der Waals surface area contributed by atoms with E-state index in [1.54, 1.807) is 19.1 Å². The number of imide groups is 2.